The summed E-state index contributed by atoms with van der Waals surface area (Å²) >= 11 is 0. The van der Waals surface area contributed by atoms with E-state index in [-0.39, 0.29) is 0 Å². The van der Waals surface area contributed by atoms with E-state index in [1.54, 1.807) is 0 Å². The van der Waals surface area contributed by atoms with Gasteiger partial charge in [0.25, 0.3) is 0 Å². The lowest BCUT2D eigenvalue weighted by Gasteiger charge is -2.27. The van der Waals surface area contributed by atoms with Gasteiger partial charge in [0.05, 0.1) is 0 Å². The highest BCUT2D eigenvalue weighted by molar-refractivity contribution is 5.37. The normalized spacial score (nSPS) is 15.9. The van der Waals surface area contributed by atoms with E-state index < -0.39 is 0 Å². The number of hydrogen-bond acceptors (Lipinski definition) is 5. The molecule has 106 valence electrons. The first-order valence-corrected chi connectivity index (χ1v) is 7.45. The molecule has 0 bridgehead atoms. The molecule has 2 rings (SSSR count). The van der Waals surface area contributed by atoms with Crippen molar-refractivity contribution in [3.8, 4) is 0 Å². The summed E-state index contributed by atoms with van der Waals surface area (Å²) in [5, 5.41) is 3.28. The summed E-state index contributed by atoms with van der Waals surface area (Å²) in [5.41, 5.74) is 0. The molecule has 5 nitrogen and oxygen atoms in total. The summed E-state index contributed by atoms with van der Waals surface area (Å²) in [4.78, 5) is 16.0. The van der Waals surface area contributed by atoms with Crippen molar-refractivity contribution in [1.29, 1.82) is 0 Å². The summed E-state index contributed by atoms with van der Waals surface area (Å²) < 4.78 is 0. The number of anilines is 2. The first-order valence-electron chi connectivity index (χ1n) is 7.45. The Labute approximate surface area is 115 Å². The van der Waals surface area contributed by atoms with Crippen LogP contribution in [0.1, 0.15) is 58.2 Å². The zero-order valence-corrected chi connectivity index (χ0v) is 12.3. The lowest BCUT2D eigenvalue weighted by atomic mass is 10.1. The molecular formula is C14H25N5. The fourth-order valence-electron chi connectivity index (χ4n) is 2.19. The fraction of sp³-hybridized carbons (Fsp3) is 0.786. The number of nitrogens with one attached hydrogen (secondary N) is 1. The molecule has 5 heteroatoms. The molecule has 2 heterocycles. The number of nitrogens with zero attached hydrogens (tertiary/aromatic N) is 4. The van der Waals surface area contributed by atoms with Gasteiger partial charge in [-0.3, -0.25) is 0 Å². The Morgan fingerprint density at radius 3 is 2.47 bits per heavy atom. The van der Waals surface area contributed by atoms with Gasteiger partial charge in [-0.15, -0.1) is 0 Å². The maximum Gasteiger partial charge on any atom is 0.230 e. The zero-order chi connectivity index (χ0) is 13.7. The highest BCUT2D eigenvalue weighted by atomic mass is 15.3. The van der Waals surface area contributed by atoms with E-state index >= 15 is 0 Å². The SMILES string of the molecule is CCCNc1nc(C(C)C)nc(N2CCCCC2)n1. The lowest BCUT2D eigenvalue weighted by molar-refractivity contribution is 0.564. The molecular weight excluding hydrogens is 238 g/mol. The summed E-state index contributed by atoms with van der Waals surface area (Å²) in [6, 6.07) is 0. The van der Waals surface area contributed by atoms with Crippen molar-refractivity contribution in [2.24, 2.45) is 0 Å². The van der Waals surface area contributed by atoms with Crippen molar-refractivity contribution in [2.45, 2.75) is 52.4 Å². The second kappa shape index (κ2) is 6.68. The van der Waals surface area contributed by atoms with Crippen LogP contribution in [0.25, 0.3) is 0 Å². The lowest BCUT2D eigenvalue weighted by Crippen LogP contribution is -2.31. The van der Waals surface area contributed by atoms with Crippen LogP contribution >= 0.6 is 0 Å². The predicted octanol–water partition coefficient (Wildman–Crippen LogP) is 2.81. The number of rotatable bonds is 5. The molecule has 1 fully saturated rings. The van der Waals surface area contributed by atoms with Crippen LogP contribution in [0, 0.1) is 0 Å². The molecule has 1 N–H and O–H groups in total. The average molecular weight is 263 g/mol. The van der Waals surface area contributed by atoms with E-state index in [0.29, 0.717) is 5.92 Å². The highest BCUT2D eigenvalue weighted by Crippen LogP contribution is 2.19. The quantitative estimate of drug-likeness (QED) is 0.885. The van der Waals surface area contributed by atoms with Crippen molar-refractivity contribution in [3.63, 3.8) is 0 Å². The molecule has 0 saturated carbocycles. The minimum Gasteiger partial charge on any atom is -0.354 e. The number of aromatic nitrogens is 3. The molecule has 1 aromatic rings. The minimum absolute atomic E-state index is 0.328. The van der Waals surface area contributed by atoms with Crippen molar-refractivity contribution in [1.82, 2.24) is 15.0 Å². The summed E-state index contributed by atoms with van der Waals surface area (Å²) in [5.74, 6) is 2.78. The smallest absolute Gasteiger partial charge is 0.230 e. The van der Waals surface area contributed by atoms with E-state index in [1.165, 1.54) is 19.3 Å². The molecule has 0 aliphatic carbocycles. The van der Waals surface area contributed by atoms with Crippen LogP contribution in [0.5, 0.6) is 0 Å². The molecule has 1 aliphatic heterocycles. The summed E-state index contributed by atoms with van der Waals surface area (Å²) in [6.45, 7) is 9.42. The van der Waals surface area contributed by atoms with E-state index in [0.717, 1.165) is 43.8 Å². The Hall–Kier alpha value is -1.39. The Morgan fingerprint density at radius 1 is 1.11 bits per heavy atom. The van der Waals surface area contributed by atoms with E-state index in [2.05, 4.69) is 45.9 Å². The first kappa shape index (κ1) is 14.0. The standard InChI is InChI=1S/C14H25N5/c1-4-8-15-13-16-12(11(2)3)17-14(18-13)19-9-6-5-7-10-19/h11H,4-10H2,1-3H3,(H,15,16,17,18). The Balaban J connectivity index is 2.22. The van der Waals surface area contributed by atoms with Crippen LogP contribution in [-0.4, -0.2) is 34.6 Å². The third-order valence-corrected chi connectivity index (χ3v) is 3.33. The molecule has 19 heavy (non-hydrogen) atoms. The van der Waals surface area contributed by atoms with E-state index in [9.17, 15) is 0 Å². The summed E-state index contributed by atoms with van der Waals surface area (Å²) in [6.07, 6.45) is 4.86. The van der Waals surface area contributed by atoms with Crippen LogP contribution < -0.4 is 10.2 Å². The van der Waals surface area contributed by atoms with Gasteiger partial charge < -0.3 is 10.2 Å². The van der Waals surface area contributed by atoms with Gasteiger partial charge in [0.2, 0.25) is 11.9 Å². The Kier molecular flexibility index (Phi) is 4.93. The maximum absolute atomic E-state index is 4.63. The molecule has 1 saturated heterocycles. The van der Waals surface area contributed by atoms with Crippen LogP contribution in [0.2, 0.25) is 0 Å². The first-order chi connectivity index (χ1) is 9.20. The van der Waals surface area contributed by atoms with Crippen LogP contribution in [-0.2, 0) is 0 Å². The summed E-state index contributed by atoms with van der Waals surface area (Å²) in [7, 11) is 0. The average Bonchev–Trinajstić information content (AvgIpc) is 2.45. The molecule has 1 aliphatic rings. The largest absolute Gasteiger partial charge is 0.354 e. The van der Waals surface area contributed by atoms with Crippen LogP contribution in [0.3, 0.4) is 0 Å². The van der Waals surface area contributed by atoms with E-state index in [4.69, 9.17) is 0 Å². The van der Waals surface area contributed by atoms with E-state index in [1.807, 2.05) is 0 Å². The zero-order valence-electron chi connectivity index (χ0n) is 12.3. The predicted molar refractivity (Wildman–Crippen MR) is 78.8 cm³/mol. The molecule has 0 radical (unpaired) electrons. The van der Waals surface area contributed by atoms with Crippen molar-refractivity contribution >= 4 is 11.9 Å². The number of piperidine rings is 1. The van der Waals surface area contributed by atoms with Crippen molar-refractivity contribution in [3.05, 3.63) is 5.82 Å². The third-order valence-electron chi connectivity index (χ3n) is 3.33. The topological polar surface area (TPSA) is 53.9 Å². The Morgan fingerprint density at radius 2 is 1.84 bits per heavy atom. The molecule has 0 spiro atoms. The minimum atomic E-state index is 0.328. The van der Waals surface area contributed by atoms with Crippen molar-refractivity contribution in [2.75, 3.05) is 29.9 Å². The van der Waals surface area contributed by atoms with Gasteiger partial charge in [0, 0.05) is 25.6 Å². The van der Waals surface area contributed by atoms with Gasteiger partial charge in [-0.25, -0.2) is 0 Å². The van der Waals surface area contributed by atoms with Gasteiger partial charge >= 0.3 is 0 Å². The van der Waals surface area contributed by atoms with Gasteiger partial charge in [-0.2, -0.15) is 15.0 Å². The second-order valence-corrected chi connectivity index (χ2v) is 5.45. The monoisotopic (exact) mass is 263 g/mol. The Bertz CT molecular complexity index is 399. The number of hydrogen-bond donors (Lipinski definition) is 1. The molecule has 0 unspecified atom stereocenters. The van der Waals surface area contributed by atoms with Gasteiger partial charge in [-0.1, -0.05) is 20.8 Å². The van der Waals surface area contributed by atoms with Gasteiger partial charge in [0.1, 0.15) is 5.82 Å². The molecule has 0 aromatic carbocycles. The molecule has 1 aromatic heterocycles. The fourth-order valence-corrected chi connectivity index (χ4v) is 2.19. The maximum atomic E-state index is 4.63. The third kappa shape index (κ3) is 3.78. The second-order valence-electron chi connectivity index (χ2n) is 5.45. The van der Waals surface area contributed by atoms with Crippen molar-refractivity contribution < 1.29 is 0 Å². The van der Waals surface area contributed by atoms with Gasteiger partial charge in [-0.05, 0) is 25.7 Å². The van der Waals surface area contributed by atoms with Crippen LogP contribution in [0.15, 0.2) is 0 Å². The highest BCUT2D eigenvalue weighted by Gasteiger charge is 2.17. The van der Waals surface area contributed by atoms with Gasteiger partial charge in [0.15, 0.2) is 0 Å². The molecule has 0 amide bonds. The van der Waals surface area contributed by atoms with Crippen LogP contribution in [0.4, 0.5) is 11.9 Å². The molecule has 0 atom stereocenters.